The molecule has 0 bridgehead atoms. The van der Waals surface area contributed by atoms with Crippen molar-refractivity contribution >= 4 is 51.4 Å². The highest BCUT2D eigenvalue weighted by molar-refractivity contribution is 14.0. The van der Waals surface area contributed by atoms with Gasteiger partial charge in [0.2, 0.25) is 0 Å². The Morgan fingerprint density at radius 1 is 1.34 bits per heavy atom. The number of halogens is 3. The summed E-state index contributed by atoms with van der Waals surface area (Å²) in [7, 11) is -1.36. The summed E-state index contributed by atoms with van der Waals surface area (Å²) in [6.07, 6.45) is 3.87. The highest BCUT2D eigenvalue weighted by Crippen LogP contribution is 2.31. The molecule has 1 aromatic rings. The number of likely N-dealkylation sites (tertiary alicyclic amines) is 1. The van der Waals surface area contributed by atoms with E-state index in [0.29, 0.717) is 29.5 Å². The Balaban J connectivity index is 0.00000420. The Morgan fingerprint density at radius 2 is 2.00 bits per heavy atom. The number of nitrogens with zero attached hydrogens (tertiary/aromatic N) is 2. The van der Waals surface area contributed by atoms with Crippen LogP contribution in [0.1, 0.15) is 37.8 Å². The number of hydrogen-bond donors (Lipinski definition) is 2. The van der Waals surface area contributed by atoms with E-state index in [2.05, 4.69) is 20.5 Å². The minimum absolute atomic E-state index is 0. The summed E-state index contributed by atoms with van der Waals surface area (Å²) < 4.78 is 37.2. The standard InChI is InChI=1S/C19H30ClFN4O2S.HI/c1-14(9-12-28(3,26)27)24-19(22-2)23-13-17(25-10-4-5-11-25)18-15(20)7-6-8-16(18)21;/h6-8,14,17H,4-5,9-13H2,1-3H3,(H2,22,23,24);1H. The smallest absolute Gasteiger partial charge is 0.191 e. The highest BCUT2D eigenvalue weighted by Gasteiger charge is 2.28. The summed E-state index contributed by atoms with van der Waals surface area (Å²) in [5.41, 5.74) is 0.499. The van der Waals surface area contributed by atoms with Crippen molar-refractivity contribution in [1.29, 1.82) is 0 Å². The first-order chi connectivity index (χ1) is 13.2. The summed E-state index contributed by atoms with van der Waals surface area (Å²) in [5.74, 6) is 0.354. The van der Waals surface area contributed by atoms with E-state index in [9.17, 15) is 12.8 Å². The number of guanidine groups is 1. The predicted molar refractivity (Wildman–Crippen MR) is 129 cm³/mol. The average molecular weight is 561 g/mol. The fourth-order valence-electron chi connectivity index (χ4n) is 3.38. The van der Waals surface area contributed by atoms with Gasteiger partial charge >= 0.3 is 0 Å². The summed E-state index contributed by atoms with van der Waals surface area (Å²) in [6, 6.07) is 4.48. The molecule has 6 nitrogen and oxygen atoms in total. The Kier molecular flexibility index (Phi) is 11.2. The van der Waals surface area contributed by atoms with Crippen LogP contribution in [0.25, 0.3) is 0 Å². The van der Waals surface area contributed by atoms with E-state index in [0.717, 1.165) is 25.9 Å². The van der Waals surface area contributed by atoms with Gasteiger partial charge in [-0.15, -0.1) is 24.0 Å². The van der Waals surface area contributed by atoms with Crippen LogP contribution in [0.5, 0.6) is 0 Å². The van der Waals surface area contributed by atoms with Gasteiger partial charge in [-0.1, -0.05) is 17.7 Å². The maximum Gasteiger partial charge on any atom is 0.191 e. The van der Waals surface area contributed by atoms with Crippen LogP contribution in [0.15, 0.2) is 23.2 Å². The van der Waals surface area contributed by atoms with Gasteiger partial charge in [0.1, 0.15) is 15.7 Å². The van der Waals surface area contributed by atoms with Crippen molar-refractivity contribution in [2.45, 2.75) is 38.3 Å². The average Bonchev–Trinajstić information content (AvgIpc) is 3.15. The lowest BCUT2D eigenvalue weighted by Gasteiger charge is -2.30. The van der Waals surface area contributed by atoms with Gasteiger partial charge in [0.25, 0.3) is 0 Å². The van der Waals surface area contributed by atoms with Gasteiger partial charge in [0.15, 0.2) is 5.96 Å². The fourth-order valence-corrected chi connectivity index (χ4v) is 4.45. The van der Waals surface area contributed by atoms with Crippen LogP contribution in [-0.4, -0.2) is 64.0 Å². The molecule has 2 rings (SSSR count). The van der Waals surface area contributed by atoms with Crippen LogP contribution in [0.2, 0.25) is 5.02 Å². The van der Waals surface area contributed by atoms with E-state index < -0.39 is 9.84 Å². The summed E-state index contributed by atoms with van der Waals surface area (Å²) in [6.45, 7) is 4.14. The fraction of sp³-hybridized carbons (Fsp3) is 0.632. The molecule has 1 saturated heterocycles. The zero-order valence-electron chi connectivity index (χ0n) is 17.1. The largest absolute Gasteiger partial charge is 0.354 e. The van der Waals surface area contributed by atoms with Crippen molar-refractivity contribution in [3.8, 4) is 0 Å². The van der Waals surface area contributed by atoms with Crippen LogP contribution < -0.4 is 10.6 Å². The predicted octanol–water partition coefficient (Wildman–Crippen LogP) is 3.22. The van der Waals surface area contributed by atoms with Crippen molar-refractivity contribution < 1.29 is 12.8 Å². The zero-order valence-corrected chi connectivity index (χ0v) is 21.0. The van der Waals surface area contributed by atoms with Gasteiger partial charge in [0.05, 0.1) is 11.8 Å². The second kappa shape index (κ2) is 12.3. The van der Waals surface area contributed by atoms with Crippen molar-refractivity contribution in [2.75, 3.05) is 38.7 Å². The number of rotatable bonds is 8. The minimum Gasteiger partial charge on any atom is -0.354 e. The third-order valence-electron chi connectivity index (χ3n) is 4.91. The summed E-state index contributed by atoms with van der Waals surface area (Å²) in [5, 5.41) is 6.86. The molecule has 1 heterocycles. The first kappa shape index (κ1) is 26.4. The summed E-state index contributed by atoms with van der Waals surface area (Å²) >= 11 is 6.32. The molecule has 166 valence electrons. The van der Waals surface area contributed by atoms with Crippen LogP contribution in [0.4, 0.5) is 4.39 Å². The molecule has 2 N–H and O–H groups in total. The third kappa shape index (κ3) is 8.55. The molecule has 0 saturated carbocycles. The molecule has 29 heavy (non-hydrogen) atoms. The molecule has 0 spiro atoms. The number of hydrogen-bond acceptors (Lipinski definition) is 4. The van der Waals surface area contributed by atoms with E-state index in [1.807, 2.05) is 6.92 Å². The van der Waals surface area contributed by atoms with Crippen molar-refractivity contribution in [2.24, 2.45) is 4.99 Å². The van der Waals surface area contributed by atoms with E-state index in [1.165, 1.54) is 12.3 Å². The lowest BCUT2D eigenvalue weighted by atomic mass is 10.0. The van der Waals surface area contributed by atoms with Crippen molar-refractivity contribution in [3.63, 3.8) is 0 Å². The second-order valence-electron chi connectivity index (χ2n) is 7.31. The monoisotopic (exact) mass is 560 g/mol. The van der Waals surface area contributed by atoms with Gasteiger partial charge in [-0.25, -0.2) is 12.8 Å². The first-order valence-corrected chi connectivity index (χ1v) is 12.0. The number of aliphatic imine (C=N–C) groups is 1. The van der Waals surface area contributed by atoms with Crippen LogP contribution in [-0.2, 0) is 9.84 Å². The molecule has 2 unspecified atom stereocenters. The molecule has 0 radical (unpaired) electrons. The van der Waals surface area contributed by atoms with E-state index in [4.69, 9.17) is 11.6 Å². The van der Waals surface area contributed by atoms with Crippen molar-refractivity contribution in [1.82, 2.24) is 15.5 Å². The van der Waals surface area contributed by atoms with Gasteiger partial charge < -0.3 is 10.6 Å². The number of benzene rings is 1. The maximum absolute atomic E-state index is 14.5. The van der Waals surface area contributed by atoms with Gasteiger partial charge in [-0.3, -0.25) is 9.89 Å². The second-order valence-corrected chi connectivity index (χ2v) is 9.98. The SMILES string of the molecule is CN=C(NCC(c1c(F)cccc1Cl)N1CCCC1)NC(C)CCS(C)(=O)=O.I. The molecule has 10 heteroatoms. The Bertz CT molecular complexity index is 768. The molecule has 1 aromatic carbocycles. The molecule has 1 aliphatic heterocycles. The highest BCUT2D eigenvalue weighted by atomic mass is 127. The van der Waals surface area contributed by atoms with Gasteiger partial charge in [-0.2, -0.15) is 0 Å². The van der Waals surface area contributed by atoms with Gasteiger partial charge in [-0.05, 0) is 51.4 Å². The first-order valence-electron chi connectivity index (χ1n) is 9.54. The number of sulfone groups is 1. The normalized spacial score (nSPS) is 17.5. The van der Waals surface area contributed by atoms with Crippen LogP contribution in [0.3, 0.4) is 0 Å². The molecule has 0 aromatic heterocycles. The molecular formula is C19H31ClFIN4O2S. The molecular weight excluding hydrogens is 530 g/mol. The quantitative estimate of drug-likeness (QED) is 0.290. The maximum atomic E-state index is 14.5. The van der Waals surface area contributed by atoms with E-state index >= 15 is 0 Å². The van der Waals surface area contributed by atoms with Gasteiger partial charge in [0, 0.05) is 36.5 Å². The molecule has 1 fully saturated rings. The summed E-state index contributed by atoms with van der Waals surface area (Å²) in [4.78, 5) is 6.44. The molecule has 0 aliphatic carbocycles. The van der Waals surface area contributed by atoms with Crippen molar-refractivity contribution in [3.05, 3.63) is 34.6 Å². The lowest BCUT2D eigenvalue weighted by molar-refractivity contribution is 0.240. The van der Waals surface area contributed by atoms with E-state index in [-0.39, 0.29) is 47.6 Å². The number of nitrogens with one attached hydrogen (secondary N) is 2. The van der Waals surface area contributed by atoms with Crippen LogP contribution >= 0.6 is 35.6 Å². The molecule has 1 aliphatic rings. The Labute approximate surface area is 195 Å². The third-order valence-corrected chi connectivity index (χ3v) is 6.21. The Hall–Kier alpha value is -0.650. The lowest BCUT2D eigenvalue weighted by Crippen LogP contribution is -2.46. The zero-order chi connectivity index (χ0) is 20.7. The molecule has 0 amide bonds. The van der Waals surface area contributed by atoms with Crippen LogP contribution in [0, 0.1) is 5.82 Å². The Morgan fingerprint density at radius 3 is 2.55 bits per heavy atom. The van der Waals surface area contributed by atoms with E-state index in [1.54, 1.807) is 19.2 Å². The minimum atomic E-state index is -3.01. The molecule has 2 atom stereocenters. The topological polar surface area (TPSA) is 73.8 Å².